The van der Waals surface area contributed by atoms with Crippen LogP contribution in [0.1, 0.15) is 57.6 Å². The molecule has 33 heavy (non-hydrogen) atoms. The number of carbonyl (C=O) groups is 3. The standard InChI is InChI=1S/C26H32N2O5/c1-5-17(2)28(15-24(30)31)23(29)14-26(3,4)27-25(32)33-16-22-20-12-8-6-10-18(20)19-11-7-9-13-21(19)22/h6-13,17,22H,5,14-16H2,1-4H3,(H,27,32)(H,30,31). The summed E-state index contributed by atoms with van der Waals surface area (Å²) in [5, 5.41) is 11.9. The first-order valence-corrected chi connectivity index (χ1v) is 11.3. The average Bonchev–Trinajstić information content (AvgIpc) is 3.08. The van der Waals surface area contributed by atoms with E-state index in [4.69, 9.17) is 9.84 Å². The Hall–Kier alpha value is -3.35. The third kappa shape index (κ3) is 5.72. The Morgan fingerprint density at radius 2 is 1.61 bits per heavy atom. The summed E-state index contributed by atoms with van der Waals surface area (Å²) in [7, 11) is 0. The van der Waals surface area contributed by atoms with Gasteiger partial charge >= 0.3 is 12.1 Å². The van der Waals surface area contributed by atoms with Crippen molar-refractivity contribution in [3.63, 3.8) is 0 Å². The van der Waals surface area contributed by atoms with E-state index in [1.807, 2.05) is 38.1 Å². The van der Waals surface area contributed by atoms with Crippen molar-refractivity contribution in [3.8, 4) is 11.1 Å². The lowest BCUT2D eigenvalue weighted by Crippen LogP contribution is -2.50. The van der Waals surface area contributed by atoms with E-state index in [0.29, 0.717) is 6.42 Å². The van der Waals surface area contributed by atoms with Gasteiger partial charge in [0.2, 0.25) is 5.91 Å². The van der Waals surface area contributed by atoms with Crippen LogP contribution >= 0.6 is 0 Å². The normalized spacial score (nSPS) is 13.6. The molecule has 3 rings (SSSR count). The van der Waals surface area contributed by atoms with E-state index in [0.717, 1.165) is 22.3 Å². The second-order valence-electron chi connectivity index (χ2n) is 9.18. The lowest BCUT2D eigenvalue weighted by molar-refractivity contribution is -0.146. The molecule has 0 radical (unpaired) electrons. The molecule has 0 aliphatic heterocycles. The largest absolute Gasteiger partial charge is 0.480 e. The number of aliphatic carboxylic acids is 1. The van der Waals surface area contributed by atoms with E-state index < -0.39 is 17.6 Å². The molecule has 176 valence electrons. The number of amides is 2. The van der Waals surface area contributed by atoms with E-state index in [2.05, 4.69) is 29.6 Å². The van der Waals surface area contributed by atoms with Gasteiger partial charge in [0.25, 0.3) is 0 Å². The fraction of sp³-hybridized carbons (Fsp3) is 0.423. The van der Waals surface area contributed by atoms with Gasteiger partial charge in [-0.05, 0) is 49.4 Å². The second-order valence-corrected chi connectivity index (χ2v) is 9.18. The van der Waals surface area contributed by atoms with Crippen molar-refractivity contribution in [2.24, 2.45) is 0 Å². The van der Waals surface area contributed by atoms with Gasteiger partial charge in [0.15, 0.2) is 0 Å². The Kier molecular flexibility index (Phi) is 7.41. The van der Waals surface area contributed by atoms with Crippen molar-refractivity contribution in [1.82, 2.24) is 10.2 Å². The first kappa shape index (κ1) is 24.3. The Balaban J connectivity index is 1.62. The van der Waals surface area contributed by atoms with Crippen LogP contribution in [0.5, 0.6) is 0 Å². The molecule has 2 N–H and O–H groups in total. The van der Waals surface area contributed by atoms with Crippen LogP contribution in [-0.2, 0) is 14.3 Å². The number of fused-ring (bicyclic) bond motifs is 3. The number of nitrogens with one attached hydrogen (secondary N) is 1. The molecule has 0 bridgehead atoms. The van der Waals surface area contributed by atoms with Crippen LogP contribution in [-0.4, -0.2) is 52.7 Å². The summed E-state index contributed by atoms with van der Waals surface area (Å²) in [4.78, 5) is 37.9. The molecule has 7 nitrogen and oxygen atoms in total. The van der Waals surface area contributed by atoms with Crippen molar-refractivity contribution in [1.29, 1.82) is 0 Å². The first-order chi connectivity index (χ1) is 15.6. The van der Waals surface area contributed by atoms with E-state index in [9.17, 15) is 14.4 Å². The summed E-state index contributed by atoms with van der Waals surface area (Å²) >= 11 is 0. The van der Waals surface area contributed by atoms with Gasteiger partial charge < -0.3 is 20.1 Å². The third-order valence-corrected chi connectivity index (χ3v) is 6.13. The Labute approximate surface area is 194 Å². The maximum atomic E-state index is 12.8. The number of hydrogen-bond acceptors (Lipinski definition) is 4. The molecular weight excluding hydrogens is 420 g/mol. The summed E-state index contributed by atoms with van der Waals surface area (Å²) in [5.41, 5.74) is 3.65. The lowest BCUT2D eigenvalue weighted by atomic mass is 9.98. The SMILES string of the molecule is CCC(C)N(CC(=O)O)C(=O)CC(C)(C)NC(=O)OCC1c2ccccc2-c2ccccc21. The minimum atomic E-state index is -1.06. The molecule has 2 aromatic carbocycles. The minimum absolute atomic E-state index is 0.0329. The van der Waals surface area contributed by atoms with Crippen LogP contribution in [0, 0.1) is 0 Å². The number of benzene rings is 2. The Bertz CT molecular complexity index is 987. The zero-order valence-corrected chi connectivity index (χ0v) is 19.6. The van der Waals surface area contributed by atoms with Crippen LogP contribution in [0.3, 0.4) is 0 Å². The molecule has 0 spiro atoms. The molecule has 0 fully saturated rings. The van der Waals surface area contributed by atoms with Gasteiger partial charge in [-0.25, -0.2) is 4.79 Å². The summed E-state index contributed by atoms with van der Waals surface area (Å²) < 4.78 is 5.58. The zero-order chi connectivity index (χ0) is 24.2. The lowest BCUT2D eigenvalue weighted by Gasteiger charge is -2.32. The van der Waals surface area contributed by atoms with Gasteiger partial charge in [-0.15, -0.1) is 0 Å². The topological polar surface area (TPSA) is 95.9 Å². The van der Waals surface area contributed by atoms with Crippen LogP contribution in [0.2, 0.25) is 0 Å². The molecule has 0 heterocycles. The fourth-order valence-electron chi connectivity index (χ4n) is 4.29. The Morgan fingerprint density at radius 1 is 1.06 bits per heavy atom. The summed E-state index contributed by atoms with van der Waals surface area (Å²) in [6.07, 6.45) is -0.00312. The number of hydrogen-bond donors (Lipinski definition) is 2. The highest BCUT2D eigenvalue weighted by molar-refractivity contribution is 5.83. The van der Waals surface area contributed by atoms with Gasteiger partial charge in [-0.2, -0.15) is 0 Å². The number of carboxylic acids is 1. The smallest absolute Gasteiger partial charge is 0.407 e. The molecule has 1 aliphatic rings. The molecule has 1 atom stereocenters. The van der Waals surface area contributed by atoms with Gasteiger partial charge in [0.1, 0.15) is 13.2 Å². The first-order valence-electron chi connectivity index (χ1n) is 11.3. The number of ether oxygens (including phenoxy) is 1. The number of alkyl carbamates (subject to hydrolysis) is 1. The predicted octanol–water partition coefficient (Wildman–Crippen LogP) is 4.41. The monoisotopic (exact) mass is 452 g/mol. The molecule has 2 amide bonds. The summed E-state index contributed by atoms with van der Waals surface area (Å²) in [5.74, 6) is -1.44. The van der Waals surface area contributed by atoms with E-state index in [-0.39, 0.29) is 37.4 Å². The Morgan fingerprint density at radius 3 is 2.12 bits per heavy atom. The van der Waals surface area contributed by atoms with Gasteiger partial charge in [0.05, 0.1) is 0 Å². The van der Waals surface area contributed by atoms with Crippen molar-refractivity contribution in [3.05, 3.63) is 59.7 Å². The summed E-state index contributed by atoms with van der Waals surface area (Å²) in [6.45, 7) is 6.97. The number of nitrogens with zero attached hydrogens (tertiary/aromatic N) is 1. The van der Waals surface area contributed by atoms with Crippen LogP contribution in [0.4, 0.5) is 4.79 Å². The third-order valence-electron chi connectivity index (χ3n) is 6.13. The van der Waals surface area contributed by atoms with E-state index in [1.165, 1.54) is 4.90 Å². The van der Waals surface area contributed by atoms with Crippen molar-refractivity contribution < 1.29 is 24.2 Å². The minimum Gasteiger partial charge on any atom is -0.480 e. The average molecular weight is 453 g/mol. The highest BCUT2D eigenvalue weighted by atomic mass is 16.5. The van der Waals surface area contributed by atoms with Crippen molar-refractivity contribution in [2.45, 2.75) is 58.0 Å². The van der Waals surface area contributed by atoms with Gasteiger partial charge in [-0.1, -0.05) is 55.5 Å². The molecule has 1 aliphatic carbocycles. The van der Waals surface area contributed by atoms with Crippen LogP contribution in [0.25, 0.3) is 11.1 Å². The molecule has 0 saturated heterocycles. The van der Waals surface area contributed by atoms with Crippen LogP contribution < -0.4 is 5.32 Å². The van der Waals surface area contributed by atoms with Gasteiger partial charge in [0, 0.05) is 23.9 Å². The highest BCUT2D eigenvalue weighted by Crippen LogP contribution is 2.44. The molecule has 7 heteroatoms. The number of rotatable bonds is 9. The molecule has 0 aromatic heterocycles. The highest BCUT2D eigenvalue weighted by Gasteiger charge is 2.32. The summed E-state index contributed by atoms with van der Waals surface area (Å²) in [6, 6.07) is 16.0. The fourth-order valence-corrected chi connectivity index (χ4v) is 4.29. The van der Waals surface area contributed by atoms with Gasteiger partial charge in [-0.3, -0.25) is 9.59 Å². The second kappa shape index (κ2) is 10.1. The van der Waals surface area contributed by atoms with E-state index in [1.54, 1.807) is 13.8 Å². The zero-order valence-electron chi connectivity index (χ0n) is 19.6. The molecule has 2 aromatic rings. The quantitative estimate of drug-likeness (QED) is 0.588. The number of carboxylic acid groups (broad SMARTS) is 1. The van der Waals surface area contributed by atoms with E-state index >= 15 is 0 Å². The maximum Gasteiger partial charge on any atom is 0.407 e. The molecule has 1 unspecified atom stereocenters. The predicted molar refractivity (Wildman–Crippen MR) is 126 cm³/mol. The van der Waals surface area contributed by atoms with Crippen molar-refractivity contribution in [2.75, 3.05) is 13.2 Å². The van der Waals surface area contributed by atoms with Crippen LogP contribution in [0.15, 0.2) is 48.5 Å². The van der Waals surface area contributed by atoms with Crippen molar-refractivity contribution >= 4 is 18.0 Å². The maximum absolute atomic E-state index is 12.8. The molecule has 0 saturated carbocycles. The number of carbonyl (C=O) groups excluding carboxylic acids is 2. The molecular formula is C26H32N2O5.